The molecule has 0 spiro atoms. The Morgan fingerprint density at radius 3 is 2.48 bits per heavy atom. The molecular weight excluding hydrogens is 292 g/mol. The van der Waals surface area contributed by atoms with Crippen LogP contribution < -0.4 is 0 Å². The summed E-state index contributed by atoms with van der Waals surface area (Å²) in [5.74, 6) is 0.327. The van der Waals surface area contributed by atoms with Crippen LogP contribution >= 0.6 is 0 Å². The second kappa shape index (κ2) is 7.42. The van der Waals surface area contributed by atoms with Gasteiger partial charge in [0, 0.05) is 19.2 Å². The van der Waals surface area contributed by atoms with Gasteiger partial charge >= 0.3 is 0 Å². The standard InChI is InChI=1S/C18H24N2O3/c1-12(17-13(2)19-23-14(17)3)18(22)20(4)16(10-11-21)15-8-6-5-7-9-15/h5-9,12,16,21H,10-11H2,1-4H3. The van der Waals surface area contributed by atoms with Gasteiger partial charge in [0.2, 0.25) is 5.91 Å². The molecule has 23 heavy (non-hydrogen) atoms. The summed E-state index contributed by atoms with van der Waals surface area (Å²) < 4.78 is 5.18. The van der Waals surface area contributed by atoms with Gasteiger partial charge in [-0.3, -0.25) is 4.79 Å². The van der Waals surface area contributed by atoms with Crippen LogP contribution in [0.25, 0.3) is 0 Å². The summed E-state index contributed by atoms with van der Waals surface area (Å²) >= 11 is 0. The highest BCUT2D eigenvalue weighted by Gasteiger charge is 2.29. The molecule has 1 N–H and O–H groups in total. The Kier molecular flexibility index (Phi) is 5.55. The predicted octanol–water partition coefficient (Wildman–Crippen LogP) is 2.98. The third-order valence-electron chi connectivity index (χ3n) is 4.29. The first-order valence-electron chi connectivity index (χ1n) is 7.82. The average molecular weight is 316 g/mol. The zero-order valence-corrected chi connectivity index (χ0v) is 14.1. The molecule has 1 heterocycles. The molecule has 2 rings (SSSR count). The van der Waals surface area contributed by atoms with E-state index >= 15 is 0 Å². The first kappa shape index (κ1) is 17.2. The molecule has 2 atom stereocenters. The second-order valence-electron chi connectivity index (χ2n) is 5.85. The Labute approximate surface area is 136 Å². The van der Waals surface area contributed by atoms with Gasteiger partial charge in [-0.1, -0.05) is 35.5 Å². The quantitative estimate of drug-likeness (QED) is 0.889. The van der Waals surface area contributed by atoms with Gasteiger partial charge in [0.25, 0.3) is 0 Å². The summed E-state index contributed by atoms with van der Waals surface area (Å²) in [6.45, 7) is 5.56. The molecule has 2 aromatic rings. The number of likely N-dealkylation sites (N-methyl/N-ethyl adjacent to an activating group) is 1. The smallest absolute Gasteiger partial charge is 0.230 e. The third kappa shape index (κ3) is 3.62. The number of amides is 1. The van der Waals surface area contributed by atoms with Crippen LogP contribution in [0, 0.1) is 13.8 Å². The molecule has 124 valence electrons. The van der Waals surface area contributed by atoms with E-state index in [0.717, 1.165) is 16.8 Å². The van der Waals surface area contributed by atoms with Gasteiger partial charge in [-0.2, -0.15) is 0 Å². The molecule has 0 aliphatic heterocycles. The Bertz CT molecular complexity index is 632. The first-order chi connectivity index (χ1) is 11.0. The van der Waals surface area contributed by atoms with Crippen molar-refractivity contribution in [2.45, 2.75) is 39.2 Å². The van der Waals surface area contributed by atoms with E-state index in [9.17, 15) is 9.90 Å². The largest absolute Gasteiger partial charge is 0.396 e. The monoisotopic (exact) mass is 316 g/mol. The van der Waals surface area contributed by atoms with Crippen LogP contribution in [0.2, 0.25) is 0 Å². The molecule has 1 aromatic heterocycles. The number of aryl methyl sites for hydroxylation is 2. The minimum atomic E-state index is -0.337. The number of carbonyl (C=O) groups excluding carboxylic acids is 1. The van der Waals surface area contributed by atoms with Crippen molar-refractivity contribution in [1.82, 2.24) is 10.1 Å². The topological polar surface area (TPSA) is 66.6 Å². The lowest BCUT2D eigenvalue weighted by Crippen LogP contribution is -2.35. The van der Waals surface area contributed by atoms with Crippen molar-refractivity contribution < 1.29 is 14.4 Å². The molecule has 1 amide bonds. The van der Waals surface area contributed by atoms with Gasteiger partial charge in [0.15, 0.2) is 0 Å². The van der Waals surface area contributed by atoms with Crippen LogP contribution in [-0.4, -0.2) is 34.7 Å². The summed E-state index contributed by atoms with van der Waals surface area (Å²) in [4.78, 5) is 14.6. The molecule has 5 nitrogen and oxygen atoms in total. The van der Waals surface area contributed by atoms with Crippen molar-refractivity contribution in [1.29, 1.82) is 0 Å². The lowest BCUT2D eigenvalue weighted by Gasteiger charge is -2.30. The van der Waals surface area contributed by atoms with Crippen LogP contribution in [0.1, 0.15) is 47.9 Å². The number of nitrogens with zero attached hydrogens (tertiary/aromatic N) is 2. The van der Waals surface area contributed by atoms with Crippen molar-refractivity contribution in [3.63, 3.8) is 0 Å². The Morgan fingerprint density at radius 2 is 1.96 bits per heavy atom. The maximum absolute atomic E-state index is 12.9. The minimum Gasteiger partial charge on any atom is -0.396 e. The lowest BCUT2D eigenvalue weighted by atomic mass is 9.95. The molecule has 0 saturated carbocycles. The van der Waals surface area contributed by atoms with E-state index in [1.165, 1.54) is 0 Å². The van der Waals surface area contributed by atoms with Crippen molar-refractivity contribution in [3.05, 3.63) is 52.9 Å². The second-order valence-corrected chi connectivity index (χ2v) is 5.85. The molecule has 0 fully saturated rings. The maximum Gasteiger partial charge on any atom is 0.230 e. The van der Waals surface area contributed by atoms with Crippen LogP contribution in [-0.2, 0) is 4.79 Å². The number of aliphatic hydroxyl groups is 1. The van der Waals surface area contributed by atoms with Crippen molar-refractivity contribution in [2.24, 2.45) is 0 Å². The van der Waals surface area contributed by atoms with Gasteiger partial charge in [-0.25, -0.2) is 0 Å². The van der Waals surface area contributed by atoms with Crippen molar-refractivity contribution in [2.75, 3.05) is 13.7 Å². The highest BCUT2D eigenvalue weighted by molar-refractivity contribution is 5.84. The molecule has 0 aliphatic rings. The average Bonchev–Trinajstić information content (AvgIpc) is 2.90. The van der Waals surface area contributed by atoms with E-state index in [4.69, 9.17) is 4.52 Å². The molecule has 1 aromatic carbocycles. The number of aliphatic hydroxyl groups excluding tert-OH is 1. The zero-order valence-electron chi connectivity index (χ0n) is 14.1. The lowest BCUT2D eigenvalue weighted by molar-refractivity contribution is -0.133. The fourth-order valence-corrected chi connectivity index (χ4v) is 3.07. The Balaban J connectivity index is 2.26. The van der Waals surface area contributed by atoms with Gasteiger partial charge in [0.05, 0.1) is 17.7 Å². The highest BCUT2D eigenvalue weighted by Crippen LogP contribution is 2.29. The molecular formula is C18H24N2O3. The molecule has 0 saturated heterocycles. The minimum absolute atomic E-state index is 0.0123. The van der Waals surface area contributed by atoms with E-state index in [0.29, 0.717) is 12.2 Å². The molecule has 0 aliphatic carbocycles. The van der Waals surface area contributed by atoms with E-state index in [2.05, 4.69) is 5.16 Å². The predicted molar refractivity (Wildman–Crippen MR) is 88.0 cm³/mol. The molecule has 2 unspecified atom stereocenters. The fourth-order valence-electron chi connectivity index (χ4n) is 3.07. The summed E-state index contributed by atoms with van der Waals surface area (Å²) in [7, 11) is 1.78. The summed E-state index contributed by atoms with van der Waals surface area (Å²) in [6, 6.07) is 9.62. The number of hydrogen-bond donors (Lipinski definition) is 1. The Hall–Kier alpha value is -2.14. The normalized spacial score (nSPS) is 13.6. The molecule has 5 heteroatoms. The van der Waals surface area contributed by atoms with Crippen LogP contribution in [0.15, 0.2) is 34.9 Å². The number of aromatic nitrogens is 1. The summed E-state index contributed by atoms with van der Waals surface area (Å²) in [5.41, 5.74) is 2.61. The third-order valence-corrected chi connectivity index (χ3v) is 4.29. The summed E-state index contributed by atoms with van der Waals surface area (Å²) in [6.07, 6.45) is 0.501. The highest BCUT2D eigenvalue weighted by atomic mass is 16.5. The van der Waals surface area contributed by atoms with E-state index in [1.807, 2.05) is 51.1 Å². The number of carbonyl (C=O) groups is 1. The zero-order chi connectivity index (χ0) is 17.0. The maximum atomic E-state index is 12.9. The molecule has 0 radical (unpaired) electrons. The van der Waals surface area contributed by atoms with E-state index < -0.39 is 0 Å². The first-order valence-corrected chi connectivity index (χ1v) is 7.82. The number of hydrogen-bond acceptors (Lipinski definition) is 4. The van der Waals surface area contributed by atoms with Gasteiger partial charge in [0.1, 0.15) is 5.76 Å². The molecule has 0 bridgehead atoms. The SMILES string of the molecule is Cc1noc(C)c1C(C)C(=O)N(C)C(CCO)c1ccccc1. The van der Waals surface area contributed by atoms with Gasteiger partial charge < -0.3 is 14.5 Å². The van der Waals surface area contributed by atoms with Crippen LogP contribution in [0.3, 0.4) is 0 Å². The number of rotatable bonds is 6. The van der Waals surface area contributed by atoms with E-state index in [-0.39, 0.29) is 24.5 Å². The van der Waals surface area contributed by atoms with Gasteiger partial charge in [-0.15, -0.1) is 0 Å². The summed E-state index contributed by atoms with van der Waals surface area (Å²) in [5, 5.41) is 13.3. The van der Waals surface area contributed by atoms with Crippen molar-refractivity contribution >= 4 is 5.91 Å². The Morgan fingerprint density at radius 1 is 1.30 bits per heavy atom. The van der Waals surface area contributed by atoms with Gasteiger partial charge in [-0.05, 0) is 32.8 Å². The van der Waals surface area contributed by atoms with E-state index in [1.54, 1.807) is 11.9 Å². The number of benzene rings is 1. The van der Waals surface area contributed by atoms with Crippen molar-refractivity contribution in [3.8, 4) is 0 Å². The fraction of sp³-hybridized carbons (Fsp3) is 0.444. The van der Waals surface area contributed by atoms with Crippen LogP contribution in [0.5, 0.6) is 0 Å². The van der Waals surface area contributed by atoms with Crippen LogP contribution in [0.4, 0.5) is 0 Å².